The highest BCUT2D eigenvalue weighted by atomic mass is 79.9. The van der Waals surface area contributed by atoms with Crippen molar-refractivity contribution < 1.29 is 10.2 Å². The molecule has 0 bridgehead atoms. The Morgan fingerprint density at radius 2 is 2.32 bits per heavy atom. The molecule has 1 fully saturated rings. The average molecular weight is 330 g/mol. The predicted octanol–water partition coefficient (Wildman–Crippen LogP) is 0.495. The Hall–Kier alpha value is -1.18. The van der Waals surface area contributed by atoms with Crippen molar-refractivity contribution in [1.82, 2.24) is 9.55 Å². The lowest BCUT2D eigenvalue weighted by atomic mass is 10.1. The molecule has 1 aromatic heterocycles. The summed E-state index contributed by atoms with van der Waals surface area (Å²) in [7, 11) is 0. The Labute approximate surface area is 118 Å². The van der Waals surface area contributed by atoms with Crippen LogP contribution >= 0.6 is 15.9 Å². The molecule has 1 heterocycles. The van der Waals surface area contributed by atoms with Gasteiger partial charge in [-0.3, -0.25) is 4.57 Å². The molecule has 0 aromatic carbocycles. The van der Waals surface area contributed by atoms with Crippen LogP contribution in [-0.4, -0.2) is 32.5 Å². The van der Waals surface area contributed by atoms with Gasteiger partial charge in [-0.15, -0.1) is 0 Å². The molecule has 2 rings (SSSR count). The van der Waals surface area contributed by atoms with Gasteiger partial charge in [0.05, 0.1) is 6.10 Å². The van der Waals surface area contributed by atoms with Crippen molar-refractivity contribution in [2.45, 2.75) is 25.0 Å². The van der Waals surface area contributed by atoms with E-state index >= 15 is 0 Å². The number of anilines is 1. The number of nitrogens with zero attached hydrogens (tertiary/aromatic N) is 2. The standard InChI is InChI=1S/C12H16BrN3O3/c13-2-1-7-5-16(12(19)15-11(7)14)9-3-8(6-17)10(18)4-9/h1-2,5,8-10,17-18H,3-4,6H2,(H2,14,15,19)/b2-1+/t8-,9?,10+/m0/s1. The summed E-state index contributed by atoms with van der Waals surface area (Å²) in [6, 6.07) is -0.157. The molecule has 104 valence electrons. The van der Waals surface area contributed by atoms with Gasteiger partial charge in [0.15, 0.2) is 0 Å². The van der Waals surface area contributed by atoms with Crippen LogP contribution in [-0.2, 0) is 0 Å². The molecular weight excluding hydrogens is 314 g/mol. The van der Waals surface area contributed by atoms with Gasteiger partial charge in [0.25, 0.3) is 0 Å². The summed E-state index contributed by atoms with van der Waals surface area (Å²) >= 11 is 3.15. The Bertz CT molecular complexity index is 544. The van der Waals surface area contributed by atoms with Crippen LogP contribution in [0.15, 0.2) is 16.0 Å². The second-order valence-electron chi connectivity index (χ2n) is 4.70. The van der Waals surface area contributed by atoms with Crippen molar-refractivity contribution in [3.05, 3.63) is 27.2 Å². The third-order valence-electron chi connectivity index (χ3n) is 3.51. The number of hydrogen-bond donors (Lipinski definition) is 3. The third kappa shape index (κ3) is 2.88. The lowest BCUT2D eigenvalue weighted by Crippen LogP contribution is -2.27. The molecule has 3 atom stereocenters. The van der Waals surface area contributed by atoms with Crippen molar-refractivity contribution in [3.8, 4) is 0 Å². The fraction of sp³-hybridized carbons (Fsp3) is 0.500. The molecule has 0 radical (unpaired) electrons. The van der Waals surface area contributed by atoms with Gasteiger partial charge in [0, 0.05) is 30.3 Å². The molecular formula is C12H16BrN3O3. The Morgan fingerprint density at radius 3 is 2.89 bits per heavy atom. The minimum atomic E-state index is -0.588. The molecule has 1 unspecified atom stereocenters. The third-order valence-corrected chi connectivity index (χ3v) is 3.78. The topological polar surface area (TPSA) is 101 Å². The molecule has 0 aliphatic heterocycles. The van der Waals surface area contributed by atoms with Crippen LogP contribution in [0, 0.1) is 5.92 Å². The normalized spacial score (nSPS) is 27.2. The smallest absolute Gasteiger partial charge is 0.349 e. The van der Waals surface area contributed by atoms with Crippen molar-refractivity contribution in [2.75, 3.05) is 12.3 Å². The van der Waals surface area contributed by atoms with Crippen LogP contribution in [0.5, 0.6) is 0 Å². The van der Waals surface area contributed by atoms with Crippen LogP contribution in [0.1, 0.15) is 24.4 Å². The number of aliphatic hydroxyl groups excluding tert-OH is 2. The lowest BCUT2D eigenvalue weighted by Gasteiger charge is -2.14. The molecule has 4 N–H and O–H groups in total. The lowest BCUT2D eigenvalue weighted by molar-refractivity contribution is 0.0906. The summed E-state index contributed by atoms with van der Waals surface area (Å²) in [6.45, 7) is -0.0804. The number of nitrogen functional groups attached to an aromatic ring is 1. The average Bonchev–Trinajstić information content (AvgIpc) is 2.74. The Kier molecular flexibility index (Phi) is 4.38. The molecule has 7 heteroatoms. The summed E-state index contributed by atoms with van der Waals surface area (Å²) in [6.07, 6.45) is 3.75. The van der Waals surface area contributed by atoms with E-state index in [0.717, 1.165) is 0 Å². The van der Waals surface area contributed by atoms with Crippen LogP contribution in [0.25, 0.3) is 6.08 Å². The van der Waals surface area contributed by atoms with Gasteiger partial charge in [0.2, 0.25) is 0 Å². The molecule has 1 aliphatic carbocycles. The van der Waals surface area contributed by atoms with E-state index in [1.165, 1.54) is 4.57 Å². The summed E-state index contributed by atoms with van der Waals surface area (Å²) in [5.74, 6) is -0.0150. The quantitative estimate of drug-likeness (QED) is 0.749. The van der Waals surface area contributed by atoms with Crippen LogP contribution in [0.2, 0.25) is 0 Å². The maximum absolute atomic E-state index is 11.9. The zero-order valence-electron chi connectivity index (χ0n) is 10.2. The minimum Gasteiger partial charge on any atom is -0.396 e. The highest BCUT2D eigenvalue weighted by Gasteiger charge is 2.34. The maximum atomic E-state index is 11.9. The Morgan fingerprint density at radius 1 is 1.58 bits per heavy atom. The number of halogens is 1. The minimum absolute atomic E-state index is 0.0804. The van der Waals surface area contributed by atoms with Gasteiger partial charge in [-0.25, -0.2) is 4.79 Å². The van der Waals surface area contributed by atoms with Gasteiger partial charge in [-0.2, -0.15) is 4.98 Å². The molecule has 19 heavy (non-hydrogen) atoms. The van der Waals surface area contributed by atoms with Crippen molar-refractivity contribution in [2.24, 2.45) is 5.92 Å². The van der Waals surface area contributed by atoms with Crippen molar-refractivity contribution >= 4 is 27.8 Å². The summed E-state index contributed by atoms with van der Waals surface area (Å²) in [4.78, 5) is 17.3. The van der Waals surface area contributed by atoms with E-state index in [4.69, 9.17) is 10.8 Å². The number of aromatic nitrogens is 2. The van der Waals surface area contributed by atoms with E-state index in [1.807, 2.05) is 0 Å². The monoisotopic (exact) mass is 329 g/mol. The maximum Gasteiger partial charge on any atom is 0.349 e. The van der Waals surface area contributed by atoms with E-state index in [0.29, 0.717) is 18.4 Å². The molecule has 1 aromatic rings. The van der Waals surface area contributed by atoms with E-state index in [9.17, 15) is 9.90 Å². The second kappa shape index (κ2) is 5.85. The first-order chi connectivity index (χ1) is 9.06. The van der Waals surface area contributed by atoms with Gasteiger partial charge in [0.1, 0.15) is 5.82 Å². The summed E-state index contributed by atoms with van der Waals surface area (Å²) in [5.41, 5.74) is 5.88. The summed E-state index contributed by atoms with van der Waals surface area (Å²) < 4.78 is 1.48. The first-order valence-corrected chi connectivity index (χ1v) is 6.92. The highest BCUT2D eigenvalue weighted by molar-refractivity contribution is 9.11. The van der Waals surface area contributed by atoms with Crippen LogP contribution < -0.4 is 11.4 Å². The largest absolute Gasteiger partial charge is 0.396 e. The van der Waals surface area contributed by atoms with E-state index in [-0.39, 0.29) is 24.4 Å². The van der Waals surface area contributed by atoms with Gasteiger partial charge < -0.3 is 15.9 Å². The number of nitrogens with two attached hydrogens (primary N) is 1. The first-order valence-electron chi connectivity index (χ1n) is 6.01. The SMILES string of the molecule is Nc1nc(=O)n(C2C[C@@H](CO)[C@H](O)C2)cc1/C=C/Br. The number of aliphatic hydroxyl groups is 2. The number of hydrogen-bond acceptors (Lipinski definition) is 5. The fourth-order valence-electron chi connectivity index (χ4n) is 2.45. The zero-order chi connectivity index (χ0) is 14.0. The molecule has 0 spiro atoms. The molecule has 1 aliphatic rings. The molecule has 0 amide bonds. The zero-order valence-corrected chi connectivity index (χ0v) is 11.8. The van der Waals surface area contributed by atoms with Gasteiger partial charge >= 0.3 is 5.69 Å². The van der Waals surface area contributed by atoms with E-state index in [1.54, 1.807) is 17.3 Å². The Balaban J connectivity index is 2.35. The van der Waals surface area contributed by atoms with Crippen LogP contribution in [0.3, 0.4) is 0 Å². The summed E-state index contributed by atoms with van der Waals surface area (Å²) in [5, 5.41) is 18.9. The van der Waals surface area contributed by atoms with Crippen molar-refractivity contribution in [1.29, 1.82) is 0 Å². The van der Waals surface area contributed by atoms with Crippen LogP contribution in [0.4, 0.5) is 5.82 Å². The highest BCUT2D eigenvalue weighted by Crippen LogP contribution is 2.34. The fourth-order valence-corrected chi connectivity index (χ4v) is 2.74. The van der Waals surface area contributed by atoms with Gasteiger partial charge in [-0.05, 0) is 23.9 Å². The molecule has 1 saturated carbocycles. The second-order valence-corrected chi connectivity index (χ2v) is 5.23. The van der Waals surface area contributed by atoms with E-state index in [2.05, 4.69) is 20.9 Å². The molecule has 6 nitrogen and oxygen atoms in total. The first kappa shape index (κ1) is 14.2. The molecule has 0 saturated heterocycles. The number of rotatable bonds is 3. The van der Waals surface area contributed by atoms with Crippen molar-refractivity contribution in [3.63, 3.8) is 0 Å². The predicted molar refractivity (Wildman–Crippen MR) is 75.7 cm³/mol. The van der Waals surface area contributed by atoms with E-state index < -0.39 is 11.8 Å². The van der Waals surface area contributed by atoms with Gasteiger partial charge in [-0.1, -0.05) is 15.9 Å².